The van der Waals surface area contributed by atoms with Crippen LogP contribution in [0.5, 0.6) is 0 Å². The quantitative estimate of drug-likeness (QED) is 0.662. The van der Waals surface area contributed by atoms with Gasteiger partial charge in [-0.15, -0.1) is 0 Å². The van der Waals surface area contributed by atoms with E-state index in [0.29, 0.717) is 43.5 Å². The Bertz CT molecular complexity index is 263. The number of ether oxygens (including phenoxy) is 3. The van der Waals surface area contributed by atoms with Gasteiger partial charge in [-0.05, 0) is 32.1 Å². The van der Waals surface area contributed by atoms with Crippen LogP contribution in [0.4, 0.5) is 0 Å². The first-order valence-electron chi connectivity index (χ1n) is 7.74. The lowest BCUT2D eigenvalue weighted by atomic mass is 9.83. The highest BCUT2D eigenvalue weighted by atomic mass is 32.2. The van der Waals surface area contributed by atoms with E-state index in [-0.39, 0.29) is 0 Å². The van der Waals surface area contributed by atoms with Crippen LogP contribution in [0, 0.1) is 0 Å². The lowest BCUT2D eigenvalue weighted by Gasteiger charge is -2.43. The van der Waals surface area contributed by atoms with Gasteiger partial charge < -0.3 is 19.3 Å². The average Bonchev–Trinajstić information content (AvgIpc) is 2.41. The van der Waals surface area contributed by atoms with Gasteiger partial charge in [-0.1, -0.05) is 6.42 Å². The molecule has 1 N–H and O–H groups in total. The highest BCUT2D eigenvalue weighted by Crippen LogP contribution is 2.46. The van der Waals surface area contributed by atoms with Gasteiger partial charge in [0.25, 0.3) is 0 Å². The van der Waals surface area contributed by atoms with Crippen LogP contribution in [0.3, 0.4) is 0 Å². The average molecular weight is 304 g/mol. The number of aliphatic hydroxyl groups is 1. The summed E-state index contributed by atoms with van der Waals surface area (Å²) in [5.41, 5.74) is -0.488. The monoisotopic (exact) mass is 304 g/mol. The summed E-state index contributed by atoms with van der Waals surface area (Å²) in [5, 5.41) is 12.1. The van der Waals surface area contributed by atoms with Crippen LogP contribution in [-0.2, 0) is 14.2 Å². The summed E-state index contributed by atoms with van der Waals surface area (Å²) in [6.45, 7) is 3.07. The minimum atomic E-state index is -0.488. The van der Waals surface area contributed by atoms with Crippen LogP contribution in [-0.4, -0.2) is 61.4 Å². The summed E-state index contributed by atoms with van der Waals surface area (Å²) in [4.78, 5) is 0. The van der Waals surface area contributed by atoms with Crippen molar-refractivity contribution in [3.63, 3.8) is 0 Å². The highest BCUT2D eigenvalue weighted by molar-refractivity contribution is 8.00. The van der Waals surface area contributed by atoms with Crippen molar-refractivity contribution in [3.05, 3.63) is 0 Å². The van der Waals surface area contributed by atoms with Crippen LogP contribution in [0.15, 0.2) is 0 Å². The van der Waals surface area contributed by atoms with E-state index in [9.17, 15) is 5.11 Å². The third-order valence-electron chi connectivity index (χ3n) is 4.17. The third-order valence-corrected chi connectivity index (χ3v) is 5.74. The molecule has 0 amide bonds. The van der Waals surface area contributed by atoms with Gasteiger partial charge in [-0.25, -0.2) is 0 Å². The number of thioether (sulfide) groups is 1. The molecule has 4 nitrogen and oxygen atoms in total. The Morgan fingerprint density at radius 3 is 2.25 bits per heavy atom. The summed E-state index contributed by atoms with van der Waals surface area (Å²) >= 11 is 2.10. The molecule has 2 unspecified atom stereocenters. The van der Waals surface area contributed by atoms with Crippen molar-refractivity contribution >= 4 is 11.8 Å². The molecule has 0 aliphatic carbocycles. The van der Waals surface area contributed by atoms with Crippen LogP contribution < -0.4 is 0 Å². The number of fused-ring (bicyclic) bond motifs is 2. The van der Waals surface area contributed by atoms with Crippen LogP contribution >= 0.6 is 11.8 Å². The second-order valence-electron chi connectivity index (χ2n) is 5.91. The van der Waals surface area contributed by atoms with Crippen molar-refractivity contribution in [1.29, 1.82) is 0 Å². The molecule has 0 aromatic rings. The molecular weight excluding hydrogens is 276 g/mol. The molecule has 20 heavy (non-hydrogen) atoms. The van der Waals surface area contributed by atoms with E-state index in [1.54, 1.807) is 7.11 Å². The van der Waals surface area contributed by atoms with E-state index in [1.807, 2.05) is 0 Å². The maximum Gasteiger partial charge on any atom is 0.0701 e. The number of rotatable bonds is 9. The van der Waals surface area contributed by atoms with Crippen molar-refractivity contribution in [1.82, 2.24) is 0 Å². The van der Waals surface area contributed by atoms with Crippen LogP contribution in [0.2, 0.25) is 0 Å². The normalized spacial score (nSPS) is 33.3. The predicted octanol–water partition coefficient (Wildman–Crippen LogP) is 2.24. The van der Waals surface area contributed by atoms with E-state index >= 15 is 0 Å². The van der Waals surface area contributed by atoms with Crippen LogP contribution in [0.1, 0.15) is 38.5 Å². The fourth-order valence-electron chi connectivity index (χ4n) is 3.14. The zero-order valence-electron chi connectivity index (χ0n) is 12.5. The van der Waals surface area contributed by atoms with Crippen molar-refractivity contribution in [2.24, 2.45) is 0 Å². The van der Waals surface area contributed by atoms with E-state index in [1.165, 1.54) is 19.3 Å². The Morgan fingerprint density at radius 1 is 1.00 bits per heavy atom. The van der Waals surface area contributed by atoms with Crippen molar-refractivity contribution in [3.8, 4) is 0 Å². The predicted molar refractivity (Wildman–Crippen MR) is 81.3 cm³/mol. The molecule has 2 bridgehead atoms. The first-order valence-corrected chi connectivity index (χ1v) is 8.68. The Morgan fingerprint density at radius 2 is 1.60 bits per heavy atom. The lowest BCUT2D eigenvalue weighted by molar-refractivity contribution is -0.0307. The number of methoxy groups -OCH3 is 1. The zero-order chi connectivity index (χ0) is 14.3. The Labute approximate surface area is 126 Å². The fourth-order valence-corrected chi connectivity index (χ4v) is 5.11. The Kier molecular flexibility index (Phi) is 7.11. The molecule has 2 aliphatic rings. The second-order valence-corrected chi connectivity index (χ2v) is 7.52. The van der Waals surface area contributed by atoms with E-state index in [0.717, 1.165) is 19.3 Å². The lowest BCUT2D eigenvalue weighted by Crippen LogP contribution is -2.43. The van der Waals surface area contributed by atoms with Gasteiger partial charge in [0, 0.05) is 24.2 Å². The first kappa shape index (κ1) is 16.6. The van der Waals surface area contributed by atoms with Gasteiger partial charge in [0.05, 0.1) is 32.0 Å². The molecule has 0 radical (unpaired) electrons. The molecule has 2 rings (SSSR count). The maximum absolute atomic E-state index is 10.7. The molecule has 5 heteroatoms. The molecule has 0 aromatic heterocycles. The van der Waals surface area contributed by atoms with E-state index in [2.05, 4.69) is 11.8 Å². The molecule has 2 heterocycles. The third kappa shape index (κ3) is 5.53. The Hall–Kier alpha value is 0.190. The Balaban J connectivity index is 1.54. The molecule has 0 aromatic carbocycles. The summed E-state index contributed by atoms with van der Waals surface area (Å²) in [6.07, 6.45) is 6.55. The summed E-state index contributed by atoms with van der Waals surface area (Å²) in [7, 11) is 1.67. The van der Waals surface area contributed by atoms with E-state index in [4.69, 9.17) is 14.2 Å². The SMILES string of the molecule is COCCOCCOCCC1(O)CC2CCCC(C1)S2. The molecule has 2 atom stereocenters. The van der Waals surface area contributed by atoms with Gasteiger partial charge >= 0.3 is 0 Å². The molecule has 118 valence electrons. The second kappa shape index (κ2) is 8.59. The van der Waals surface area contributed by atoms with Crippen molar-refractivity contribution in [2.45, 2.75) is 54.6 Å². The molecule has 0 spiro atoms. The fraction of sp³-hybridized carbons (Fsp3) is 1.00. The summed E-state index contributed by atoms with van der Waals surface area (Å²) in [5.74, 6) is 0. The van der Waals surface area contributed by atoms with Gasteiger partial charge in [0.1, 0.15) is 0 Å². The first-order chi connectivity index (χ1) is 9.72. The summed E-state index contributed by atoms with van der Waals surface area (Å²) in [6, 6.07) is 0. The maximum atomic E-state index is 10.7. The molecule has 2 fully saturated rings. The summed E-state index contributed by atoms with van der Waals surface area (Å²) < 4.78 is 15.8. The topological polar surface area (TPSA) is 47.9 Å². The van der Waals surface area contributed by atoms with Gasteiger partial charge in [0.15, 0.2) is 0 Å². The number of hydrogen-bond acceptors (Lipinski definition) is 5. The van der Waals surface area contributed by atoms with E-state index < -0.39 is 5.60 Å². The minimum absolute atomic E-state index is 0.488. The van der Waals surface area contributed by atoms with Crippen LogP contribution in [0.25, 0.3) is 0 Å². The number of hydrogen-bond donors (Lipinski definition) is 1. The zero-order valence-corrected chi connectivity index (χ0v) is 13.3. The standard InChI is InChI=1S/C15H28O4S/c1-17-7-8-19-10-9-18-6-5-15(16)11-13-3-2-4-14(12-15)20-13/h13-14,16H,2-12H2,1H3. The molecule has 0 saturated carbocycles. The van der Waals surface area contributed by atoms with Gasteiger partial charge in [0.2, 0.25) is 0 Å². The molecular formula is C15H28O4S. The molecule has 2 saturated heterocycles. The minimum Gasteiger partial charge on any atom is -0.390 e. The van der Waals surface area contributed by atoms with Crippen molar-refractivity contribution < 1.29 is 19.3 Å². The largest absolute Gasteiger partial charge is 0.390 e. The molecule has 2 aliphatic heterocycles. The highest BCUT2D eigenvalue weighted by Gasteiger charge is 2.40. The van der Waals surface area contributed by atoms with Gasteiger partial charge in [-0.3, -0.25) is 0 Å². The van der Waals surface area contributed by atoms with Crippen molar-refractivity contribution in [2.75, 3.05) is 40.1 Å². The van der Waals surface area contributed by atoms with Gasteiger partial charge in [-0.2, -0.15) is 11.8 Å². The smallest absolute Gasteiger partial charge is 0.0701 e.